The average molecular weight is 289 g/mol. The Hall–Kier alpha value is -1.43. The van der Waals surface area contributed by atoms with E-state index in [2.05, 4.69) is 17.0 Å². The lowest BCUT2D eigenvalue weighted by atomic mass is 10.0. The van der Waals surface area contributed by atoms with Crippen molar-refractivity contribution < 1.29 is 22.6 Å². The fourth-order valence-electron chi connectivity index (χ4n) is 2.31. The van der Waals surface area contributed by atoms with Gasteiger partial charge in [0, 0.05) is 24.4 Å². The third-order valence-corrected chi connectivity index (χ3v) is 3.26. The zero-order valence-electron chi connectivity index (χ0n) is 11.2. The highest BCUT2D eigenvalue weighted by molar-refractivity contribution is 5.49. The molecule has 0 saturated carbocycles. The predicted octanol–water partition coefficient (Wildman–Crippen LogP) is 3.95. The minimum atomic E-state index is -4.66. The smallest absolute Gasteiger partial charge is 0.406 e. The summed E-state index contributed by atoms with van der Waals surface area (Å²) in [7, 11) is 0. The van der Waals surface area contributed by atoms with Gasteiger partial charge in [-0.2, -0.15) is 0 Å². The molecule has 20 heavy (non-hydrogen) atoms. The van der Waals surface area contributed by atoms with Crippen LogP contribution in [0.3, 0.4) is 0 Å². The molecule has 0 bridgehead atoms. The zero-order valence-corrected chi connectivity index (χ0v) is 11.2. The van der Waals surface area contributed by atoms with Crippen LogP contribution in [0, 0.1) is 0 Å². The number of nitrogens with one attached hydrogen (secondary N) is 1. The fraction of sp³-hybridized carbons (Fsp3) is 0.571. The molecule has 0 aromatic heterocycles. The molecule has 112 valence electrons. The summed E-state index contributed by atoms with van der Waals surface area (Å²) < 4.78 is 46.0. The van der Waals surface area contributed by atoms with E-state index < -0.39 is 6.36 Å². The van der Waals surface area contributed by atoms with Gasteiger partial charge in [0.15, 0.2) is 0 Å². The van der Waals surface area contributed by atoms with Crippen LogP contribution in [-0.2, 0) is 4.74 Å². The van der Waals surface area contributed by atoms with E-state index >= 15 is 0 Å². The van der Waals surface area contributed by atoms with Gasteiger partial charge in [-0.05, 0) is 31.4 Å². The van der Waals surface area contributed by atoms with Crippen molar-refractivity contribution in [2.45, 2.75) is 44.7 Å². The van der Waals surface area contributed by atoms with Crippen molar-refractivity contribution in [3.8, 4) is 5.75 Å². The second-order valence-corrected chi connectivity index (χ2v) is 4.84. The Morgan fingerprint density at radius 2 is 2.20 bits per heavy atom. The summed E-state index contributed by atoms with van der Waals surface area (Å²) in [6.07, 6.45) is -1.79. The van der Waals surface area contributed by atoms with Gasteiger partial charge in [0.2, 0.25) is 0 Å². The summed E-state index contributed by atoms with van der Waals surface area (Å²) in [6.45, 7) is 2.74. The summed E-state index contributed by atoms with van der Waals surface area (Å²) >= 11 is 0. The number of halogens is 3. The maximum absolute atomic E-state index is 12.2. The number of ether oxygens (including phenoxy) is 2. The standard InChI is InChI=1S/C14H18F3NO2/c1-2-12-8-11(6-7-19-12)18-10-4-3-5-13(9-10)20-14(15,16)17/h3-5,9,11-12,18H,2,6-8H2,1H3. The van der Waals surface area contributed by atoms with Crippen molar-refractivity contribution in [2.75, 3.05) is 11.9 Å². The highest BCUT2D eigenvalue weighted by atomic mass is 19.4. The third-order valence-electron chi connectivity index (χ3n) is 3.26. The molecule has 1 aromatic rings. The summed E-state index contributed by atoms with van der Waals surface area (Å²) in [5.74, 6) is -0.207. The van der Waals surface area contributed by atoms with Gasteiger partial charge in [0.25, 0.3) is 0 Å². The van der Waals surface area contributed by atoms with Crippen molar-refractivity contribution in [3.63, 3.8) is 0 Å². The molecule has 3 nitrogen and oxygen atoms in total. The fourth-order valence-corrected chi connectivity index (χ4v) is 2.31. The highest BCUT2D eigenvalue weighted by Crippen LogP contribution is 2.27. The highest BCUT2D eigenvalue weighted by Gasteiger charge is 2.31. The molecular weight excluding hydrogens is 271 g/mol. The number of rotatable bonds is 4. The molecule has 2 rings (SSSR count). The van der Waals surface area contributed by atoms with Crippen LogP contribution in [0.5, 0.6) is 5.75 Å². The van der Waals surface area contributed by atoms with Crippen LogP contribution < -0.4 is 10.1 Å². The first-order chi connectivity index (χ1) is 9.46. The Morgan fingerprint density at radius 3 is 2.90 bits per heavy atom. The first kappa shape index (κ1) is 15.0. The summed E-state index contributed by atoms with van der Waals surface area (Å²) in [4.78, 5) is 0. The van der Waals surface area contributed by atoms with E-state index in [1.807, 2.05) is 0 Å². The second-order valence-electron chi connectivity index (χ2n) is 4.84. The predicted molar refractivity (Wildman–Crippen MR) is 69.8 cm³/mol. The molecule has 1 fully saturated rings. The number of anilines is 1. The molecular formula is C14H18F3NO2. The van der Waals surface area contributed by atoms with E-state index in [0.717, 1.165) is 19.3 Å². The van der Waals surface area contributed by atoms with E-state index in [-0.39, 0.29) is 17.9 Å². The summed E-state index contributed by atoms with van der Waals surface area (Å²) in [6, 6.07) is 6.15. The minimum absolute atomic E-state index is 0.207. The van der Waals surface area contributed by atoms with Gasteiger partial charge >= 0.3 is 6.36 Å². The molecule has 1 heterocycles. The van der Waals surface area contributed by atoms with E-state index in [9.17, 15) is 13.2 Å². The van der Waals surface area contributed by atoms with Crippen LogP contribution in [0.2, 0.25) is 0 Å². The quantitative estimate of drug-likeness (QED) is 0.910. The van der Waals surface area contributed by atoms with Crippen LogP contribution in [0.15, 0.2) is 24.3 Å². The molecule has 1 saturated heterocycles. The van der Waals surface area contributed by atoms with Crippen LogP contribution in [0.1, 0.15) is 26.2 Å². The molecule has 1 N–H and O–H groups in total. The Kier molecular flexibility index (Phi) is 4.75. The third kappa shape index (κ3) is 4.59. The average Bonchev–Trinajstić information content (AvgIpc) is 2.37. The van der Waals surface area contributed by atoms with Gasteiger partial charge in [-0.25, -0.2) is 0 Å². The SMILES string of the molecule is CCC1CC(Nc2cccc(OC(F)(F)F)c2)CCO1. The minimum Gasteiger partial charge on any atom is -0.406 e. The molecule has 1 aliphatic rings. The molecule has 0 aliphatic carbocycles. The molecule has 0 spiro atoms. The molecule has 6 heteroatoms. The first-order valence-corrected chi connectivity index (χ1v) is 6.70. The molecule has 2 unspecified atom stereocenters. The van der Waals surface area contributed by atoms with Crippen LogP contribution >= 0.6 is 0 Å². The largest absolute Gasteiger partial charge is 0.573 e. The zero-order chi connectivity index (χ0) is 14.6. The molecule has 0 amide bonds. The number of benzene rings is 1. The number of hydrogen-bond acceptors (Lipinski definition) is 3. The summed E-state index contributed by atoms with van der Waals surface area (Å²) in [5.41, 5.74) is 0.633. The van der Waals surface area contributed by atoms with E-state index in [4.69, 9.17) is 4.74 Å². The van der Waals surface area contributed by atoms with Gasteiger partial charge < -0.3 is 14.8 Å². The van der Waals surface area contributed by atoms with Crippen molar-refractivity contribution >= 4 is 5.69 Å². The van der Waals surface area contributed by atoms with Gasteiger partial charge in [-0.15, -0.1) is 13.2 Å². The molecule has 2 atom stereocenters. The van der Waals surface area contributed by atoms with E-state index in [0.29, 0.717) is 12.3 Å². The molecule has 0 radical (unpaired) electrons. The Morgan fingerprint density at radius 1 is 1.40 bits per heavy atom. The van der Waals surface area contributed by atoms with Gasteiger partial charge in [-0.1, -0.05) is 13.0 Å². The van der Waals surface area contributed by atoms with Gasteiger partial charge in [-0.3, -0.25) is 0 Å². The maximum atomic E-state index is 12.2. The summed E-state index contributed by atoms with van der Waals surface area (Å²) in [5, 5.41) is 3.24. The first-order valence-electron chi connectivity index (χ1n) is 6.70. The normalized spacial score (nSPS) is 23.4. The molecule has 1 aromatic carbocycles. The van der Waals surface area contributed by atoms with Crippen molar-refractivity contribution in [1.29, 1.82) is 0 Å². The van der Waals surface area contributed by atoms with E-state index in [1.165, 1.54) is 12.1 Å². The van der Waals surface area contributed by atoms with Crippen LogP contribution in [0.4, 0.5) is 18.9 Å². The lowest BCUT2D eigenvalue weighted by molar-refractivity contribution is -0.274. The van der Waals surface area contributed by atoms with Crippen molar-refractivity contribution in [2.24, 2.45) is 0 Å². The Bertz CT molecular complexity index is 437. The second kappa shape index (κ2) is 6.35. The maximum Gasteiger partial charge on any atom is 0.573 e. The van der Waals surface area contributed by atoms with Gasteiger partial charge in [0.05, 0.1) is 6.10 Å². The lowest BCUT2D eigenvalue weighted by Gasteiger charge is -2.30. The molecule has 1 aliphatic heterocycles. The monoisotopic (exact) mass is 289 g/mol. The number of alkyl halides is 3. The van der Waals surface area contributed by atoms with Crippen molar-refractivity contribution in [3.05, 3.63) is 24.3 Å². The lowest BCUT2D eigenvalue weighted by Crippen LogP contribution is -2.33. The Labute approximate surface area is 116 Å². The topological polar surface area (TPSA) is 30.5 Å². The van der Waals surface area contributed by atoms with Crippen molar-refractivity contribution in [1.82, 2.24) is 0 Å². The van der Waals surface area contributed by atoms with Crippen LogP contribution in [0.25, 0.3) is 0 Å². The Balaban J connectivity index is 1.97. The van der Waals surface area contributed by atoms with Crippen LogP contribution in [-0.4, -0.2) is 25.1 Å². The van der Waals surface area contributed by atoms with E-state index in [1.54, 1.807) is 12.1 Å². The van der Waals surface area contributed by atoms with Gasteiger partial charge in [0.1, 0.15) is 5.75 Å². The number of hydrogen-bond donors (Lipinski definition) is 1.